The number of para-hydroxylation sites is 1. The molecule has 0 radical (unpaired) electrons. The molecular weight excluding hydrogens is 224 g/mol. The normalized spacial score (nSPS) is 20.8. The Labute approximate surface area is 110 Å². The van der Waals surface area contributed by atoms with Crippen LogP contribution in [0.1, 0.15) is 25.3 Å². The van der Waals surface area contributed by atoms with Crippen molar-refractivity contribution in [1.29, 1.82) is 0 Å². The van der Waals surface area contributed by atoms with Gasteiger partial charge >= 0.3 is 0 Å². The summed E-state index contributed by atoms with van der Waals surface area (Å²) in [6.07, 6.45) is 3.07. The molecule has 0 aromatic heterocycles. The van der Waals surface area contributed by atoms with Gasteiger partial charge in [-0.2, -0.15) is 0 Å². The molecule has 0 aliphatic carbocycles. The zero-order chi connectivity index (χ0) is 12.8. The first-order chi connectivity index (χ1) is 8.86. The molecule has 1 aromatic carbocycles. The first kappa shape index (κ1) is 13.4. The van der Waals surface area contributed by atoms with E-state index in [2.05, 4.69) is 41.4 Å². The molecule has 3 heteroatoms. The molecule has 1 aromatic rings. The Bertz CT molecular complexity index is 367. The highest BCUT2D eigenvalue weighted by atomic mass is 16.3. The van der Waals surface area contributed by atoms with Crippen molar-refractivity contribution in [3.63, 3.8) is 0 Å². The fraction of sp³-hybridized carbons (Fsp3) is 0.600. The second-order valence-electron chi connectivity index (χ2n) is 4.90. The van der Waals surface area contributed by atoms with Crippen molar-refractivity contribution in [3.8, 4) is 0 Å². The zero-order valence-corrected chi connectivity index (χ0v) is 11.2. The highest BCUT2D eigenvalue weighted by Gasteiger charge is 2.21. The van der Waals surface area contributed by atoms with E-state index < -0.39 is 0 Å². The van der Waals surface area contributed by atoms with Crippen molar-refractivity contribution < 1.29 is 5.11 Å². The molecule has 1 saturated heterocycles. The van der Waals surface area contributed by atoms with Gasteiger partial charge in [0.05, 0.1) is 0 Å². The minimum absolute atomic E-state index is 0.261. The molecule has 1 atom stereocenters. The van der Waals surface area contributed by atoms with Crippen molar-refractivity contribution in [1.82, 2.24) is 5.32 Å². The van der Waals surface area contributed by atoms with Gasteiger partial charge in [0.15, 0.2) is 0 Å². The van der Waals surface area contributed by atoms with E-state index in [0.717, 1.165) is 32.5 Å². The summed E-state index contributed by atoms with van der Waals surface area (Å²) in [6.45, 7) is 5.59. The Morgan fingerprint density at radius 1 is 1.39 bits per heavy atom. The Kier molecular flexibility index (Phi) is 5.02. The molecule has 1 aliphatic heterocycles. The van der Waals surface area contributed by atoms with Crippen LogP contribution in [0.4, 0.5) is 5.69 Å². The van der Waals surface area contributed by atoms with E-state index in [1.54, 1.807) is 0 Å². The largest absolute Gasteiger partial charge is 0.396 e. The fourth-order valence-electron chi connectivity index (χ4n) is 2.75. The molecule has 2 rings (SSSR count). The van der Waals surface area contributed by atoms with Crippen LogP contribution < -0.4 is 10.2 Å². The number of aliphatic hydroxyl groups is 1. The molecule has 0 amide bonds. The molecular formula is C15H24N2O. The monoisotopic (exact) mass is 248 g/mol. The molecule has 0 spiro atoms. The number of rotatable bonds is 4. The van der Waals surface area contributed by atoms with E-state index in [4.69, 9.17) is 0 Å². The number of aliphatic hydroxyl groups excluding tert-OH is 1. The van der Waals surface area contributed by atoms with Crippen LogP contribution in [-0.4, -0.2) is 37.4 Å². The van der Waals surface area contributed by atoms with Gasteiger partial charge in [-0.1, -0.05) is 25.1 Å². The smallest absolute Gasteiger partial charge is 0.0451 e. The van der Waals surface area contributed by atoms with Crippen LogP contribution in [-0.2, 0) is 6.42 Å². The van der Waals surface area contributed by atoms with E-state index in [1.165, 1.54) is 17.7 Å². The van der Waals surface area contributed by atoms with Gasteiger partial charge in [-0.25, -0.2) is 0 Å². The van der Waals surface area contributed by atoms with Gasteiger partial charge in [0.2, 0.25) is 0 Å². The lowest BCUT2D eigenvalue weighted by Crippen LogP contribution is -2.41. The Morgan fingerprint density at radius 3 is 3.00 bits per heavy atom. The number of nitrogens with zero attached hydrogens (tertiary/aromatic N) is 1. The summed E-state index contributed by atoms with van der Waals surface area (Å²) in [7, 11) is 0. The number of benzene rings is 1. The number of aryl methyl sites for hydroxylation is 1. The number of anilines is 1. The maximum Gasteiger partial charge on any atom is 0.0451 e. The second kappa shape index (κ2) is 6.76. The molecule has 0 bridgehead atoms. The van der Waals surface area contributed by atoms with Crippen LogP contribution in [0.25, 0.3) is 0 Å². The third-order valence-electron chi connectivity index (χ3n) is 3.72. The molecule has 1 aliphatic rings. The summed E-state index contributed by atoms with van der Waals surface area (Å²) in [5, 5.41) is 12.7. The van der Waals surface area contributed by atoms with Crippen LogP contribution in [0.3, 0.4) is 0 Å². The first-order valence-electron chi connectivity index (χ1n) is 7.03. The fourth-order valence-corrected chi connectivity index (χ4v) is 2.75. The van der Waals surface area contributed by atoms with Crippen LogP contribution >= 0.6 is 0 Å². The van der Waals surface area contributed by atoms with Crippen molar-refractivity contribution in [2.45, 2.75) is 32.2 Å². The van der Waals surface area contributed by atoms with Crippen molar-refractivity contribution in [3.05, 3.63) is 29.8 Å². The van der Waals surface area contributed by atoms with E-state index in [-0.39, 0.29) is 6.61 Å². The van der Waals surface area contributed by atoms with Crippen LogP contribution in [0.15, 0.2) is 24.3 Å². The predicted molar refractivity (Wildman–Crippen MR) is 76.1 cm³/mol. The summed E-state index contributed by atoms with van der Waals surface area (Å²) in [5.74, 6) is 0. The molecule has 2 N–H and O–H groups in total. The van der Waals surface area contributed by atoms with Crippen LogP contribution in [0.2, 0.25) is 0 Å². The van der Waals surface area contributed by atoms with Crippen molar-refractivity contribution in [2.75, 3.05) is 31.1 Å². The predicted octanol–water partition coefficient (Wildman–Crippen LogP) is 1.80. The SMILES string of the molecule is CCc1ccccc1N1CCCNCC1CCO. The van der Waals surface area contributed by atoms with Crippen molar-refractivity contribution in [2.24, 2.45) is 0 Å². The molecule has 0 saturated carbocycles. The number of hydrogen-bond acceptors (Lipinski definition) is 3. The second-order valence-corrected chi connectivity index (χ2v) is 4.90. The number of nitrogens with one attached hydrogen (secondary N) is 1. The summed E-state index contributed by atoms with van der Waals surface area (Å²) < 4.78 is 0. The van der Waals surface area contributed by atoms with Gasteiger partial charge in [-0.15, -0.1) is 0 Å². The molecule has 1 heterocycles. The Morgan fingerprint density at radius 2 is 2.22 bits per heavy atom. The summed E-state index contributed by atoms with van der Waals surface area (Å²) in [6, 6.07) is 9.06. The lowest BCUT2D eigenvalue weighted by Gasteiger charge is -2.33. The third-order valence-corrected chi connectivity index (χ3v) is 3.72. The van der Waals surface area contributed by atoms with Gasteiger partial charge in [0, 0.05) is 31.4 Å². The minimum Gasteiger partial charge on any atom is -0.396 e. The molecule has 100 valence electrons. The van der Waals surface area contributed by atoms with Gasteiger partial charge < -0.3 is 15.3 Å². The van der Waals surface area contributed by atoms with Gasteiger partial charge in [-0.3, -0.25) is 0 Å². The first-order valence-corrected chi connectivity index (χ1v) is 7.03. The molecule has 1 unspecified atom stereocenters. The minimum atomic E-state index is 0.261. The average molecular weight is 248 g/mol. The lowest BCUT2D eigenvalue weighted by atomic mass is 10.1. The van der Waals surface area contributed by atoms with E-state index in [0.29, 0.717) is 6.04 Å². The standard InChI is InChI=1S/C15H24N2O/c1-2-13-6-3-4-7-15(13)17-10-5-9-16-12-14(17)8-11-18/h3-4,6-7,14,16,18H,2,5,8-12H2,1H3. The lowest BCUT2D eigenvalue weighted by molar-refractivity contribution is 0.273. The van der Waals surface area contributed by atoms with Gasteiger partial charge in [0.25, 0.3) is 0 Å². The third kappa shape index (κ3) is 3.03. The molecule has 1 fully saturated rings. The molecule has 18 heavy (non-hydrogen) atoms. The highest BCUT2D eigenvalue weighted by molar-refractivity contribution is 5.54. The topological polar surface area (TPSA) is 35.5 Å². The van der Waals surface area contributed by atoms with Gasteiger partial charge in [-0.05, 0) is 37.4 Å². The van der Waals surface area contributed by atoms with E-state index in [9.17, 15) is 5.11 Å². The van der Waals surface area contributed by atoms with Gasteiger partial charge in [0.1, 0.15) is 0 Å². The Hall–Kier alpha value is -1.06. The quantitative estimate of drug-likeness (QED) is 0.853. The number of hydrogen-bond donors (Lipinski definition) is 2. The van der Waals surface area contributed by atoms with E-state index >= 15 is 0 Å². The van der Waals surface area contributed by atoms with E-state index in [1.807, 2.05) is 0 Å². The summed E-state index contributed by atoms with van der Waals surface area (Å²) >= 11 is 0. The summed E-state index contributed by atoms with van der Waals surface area (Å²) in [4.78, 5) is 2.48. The highest BCUT2D eigenvalue weighted by Crippen LogP contribution is 2.25. The maximum atomic E-state index is 9.25. The molecule has 3 nitrogen and oxygen atoms in total. The maximum absolute atomic E-state index is 9.25. The van der Waals surface area contributed by atoms with Crippen LogP contribution in [0.5, 0.6) is 0 Å². The Balaban J connectivity index is 2.25. The average Bonchev–Trinajstić information content (AvgIpc) is 2.65. The van der Waals surface area contributed by atoms with Crippen molar-refractivity contribution >= 4 is 5.69 Å². The van der Waals surface area contributed by atoms with Crippen LogP contribution in [0, 0.1) is 0 Å². The zero-order valence-electron chi connectivity index (χ0n) is 11.2. The summed E-state index contributed by atoms with van der Waals surface area (Å²) in [5.41, 5.74) is 2.75.